The highest BCUT2D eigenvalue weighted by atomic mass is 35.5. The zero-order chi connectivity index (χ0) is 20.6. The van der Waals surface area contributed by atoms with Gasteiger partial charge in [-0.05, 0) is 31.0 Å². The maximum Gasteiger partial charge on any atom is 0.227 e. The number of aryl methyl sites for hydroxylation is 1. The molecular weight excluding hydrogens is 406 g/mol. The summed E-state index contributed by atoms with van der Waals surface area (Å²) >= 11 is 7.71. The van der Waals surface area contributed by atoms with Crippen LogP contribution in [0, 0.1) is 0 Å². The van der Waals surface area contributed by atoms with E-state index >= 15 is 0 Å². The van der Waals surface area contributed by atoms with Crippen LogP contribution in [-0.2, 0) is 24.2 Å². The molecule has 0 unspecified atom stereocenters. The molecule has 156 valence electrons. The molecule has 8 heteroatoms. The van der Waals surface area contributed by atoms with Crippen LogP contribution in [0.25, 0.3) is 0 Å². The number of benzene rings is 1. The van der Waals surface area contributed by atoms with Gasteiger partial charge in [-0.1, -0.05) is 30.7 Å². The zero-order valence-electron chi connectivity index (χ0n) is 17.0. The Bertz CT molecular complexity index is 845. The van der Waals surface area contributed by atoms with Crippen LogP contribution in [0.3, 0.4) is 0 Å². The molecule has 0 saturated carbocycles. The summed E-state index contributed by atoms with van der Waals surface area (Å²) in [5.74, 6) is 1.03. The van der Waals surface area contributed by atoms with Crippen LogP contribution in [0.5, 0.6) is 0 Å². The number of nitrogens with zero attached hydrogens (tertiary/aromatic N) is 4. The van der Waals surface area contributed by atoms with Gasteiger partial charge in [0.25, 0.3) is 0 Å². The van der Waals surface area contributed by atoms with Gasteiger partial charge in [0.2, 0.25) is 5.91 Å². The Morgan fingerprint density at radius 2 is 2.00 bits per heavy atom. The van der Waals surface area contributed by atoms with E-state index in [4.69, 9.17) is 16.6 Å². The number of piperazine rings is 1. The Morgan fingerprint density at radius 3 is 2.66 bits per heavy atom. The quantitative estimate of drug-likeness (QED) is 0.561. The van der Waals surface area contributed by atoms with Gasteiger partial charge in [0, 0.05) is 43.1 Å². The first kappa shape index (κ1) is 21.6. The second-order valence-electron chi connectivity index (χ2n) is 6.93. The zero-order valence-corrected chi connectivity index (χ0v) is 18.6. The number of rotatable bonds is 6. The van der Waals surface area contributed by atoms with Gasteiger partial charge in [-0.3, -0.25) is 4.79 Å². The van der Waals surface area contributed by atoms with Crippen molar-refractivity contribution in [3.8, 4) is 0 Å². The fraction of sp³-hybridized carbons (Fsp3) is 0.476. The molecule has 0 atom stereocenters. The molecule has 0 spiro atoms. The lowest BCUT2D eigenvalue weighted by atomic mass is 10.1. The predicted octanol–water partition coefficient (Wildman–Crippen LogP) is 3.21. The average molecular weight is 434 g/mol. The maximum atomic E-state index is 12.6. The van der Waals surface area contributed by atoms with E-state index in [0.717, 1.165) is 48.3 Å². The molecule has 2 heterocycles. The number of hydrogen-bond acceptors (Lipinski definition) is 4. The van der Waals surface area contributed by atoms with Crippen molar-refractivity contribution < 1.29 is 4.79 Å². The van der Waals surface area contributed by atoms with Crippen LogP contribution in [0.15, 0.2) is 34.6 Å². The number of nitrogens with one attached hydrogen (secondary N) is 1. The van der Waals surface area contributed by atoms with Crippen LogP contribution in [0.4, 0.5) is 0 Å². The third-order valence-corrected chi connectivity index (χ3v) is 6.08. The second-order valence-corrected chi connectivity index (χ2v) is 8.31. The van der Waals surface area contributed by atoms with Crippen LogP contribution in [0.2, 0.25) is 5.02 Å². The van der Waals surface area contributed by atoms with Gasteiger partial charge in [0.05, 0.1) is 23.7 Å². The number of aliphatic imine (C=N–C) groups is 1. The number of carbonyl (C=O) groups is 1. The molecule has 1 aromatic heterocycles. The van der Waals surface area contributed by atoms with E-state index in [9.17, 15) is 4.79 Å². The number of guanidine groups is 1. The van der Waals surface area contributed by atoms with E-state index in [1.54, 1.807) is 11.3 Å². The van der Waals surface area contributed by atoms with Crippen LogP contribution in [-0.4, -0.2) is 59.4 Å². The van der Waals surface area contributed by atoms with E-state index in [1.165, 1.54) is 0 Å². The Hall–Kier alpha value is -2.12. The molecule has 29 heavy (non-hydrogen) atoms. The molecular formula is C21H28ClN5OS. The first-order valence-electron chi connectivity index (χ1n) is 10.1. The summed E-state index contributed by atoms with van der Waals surface area (Å²) in [7, 11) is 0. The van der Waals surface area contributed by atoms with E-state index in [2.05, 4.69) is 34.4 Å². The highest BCUT2D eigenvalue weighted by Crippen LogP contribution is 2.14. The molecule has 2 aromatic rings. The molecule has 0 bridgehead atoms. The van der Waals surface area contributed by atoms with Crippen LogP contribution >= 0.6 is 22.9 Å². The van der Waals surface area contributed by atoms with Gasteiger partial charge in [0.15, 0.2) is 5.96 Å². The third kappa shape index (κ3) is 6.18. The standard InChI is InChI=1S/C21H28ClN5OS/c1-3-19-25-18(15-29-19)14-24-21(23-4-2)27-10-8-26(9-11-27)20(28)13-16-6-5-7-17(22)12-16/h5-7,12,15H,3-4,8-11,13-14H2,1-2H3,(H,23,24). The fourth-order valence-electron chi connectivity index (χ4n) is 3.27. The van der Waals surface area contributed by atoms with Crippen molar-refractivity contribution >= 4 is 34.8 Å². The topological polar surface area (TPSA) is 60.8 Å². The van der Waals surface area contributed by atoms with E-state index < -0.39 is 0 Å². The van der Waals surface area contributed by atoms with Gasteiger partial charge in [0.1, 0.15) is 0 Å². The molecule has 0 radical (unpaired) electrons. The van der Waals surface area contributed by atoms with Gasteiger partial charge >= 0.3 is 0 Å². The summed E-state index contributed by atoms with van der Waals surface area (Å²) in [6.45, 7) is 8.49. The molecule has 1 aliphatic rings. The van der Waals surface area contributed by atoms with Crippen molar-refractivity contribution in [2.75, 3.05) is 32.7 Å². The number of aromatic nitrogens is 1. The largest absolute Gasteiger partial charge is 0.357 e. The number of halogens is 1. The van der Waals surface area contributed by atoms with Gasteiger partial charge in [-0.15, -0.1) is 11.3 Å². The van der Waals surface area contributed by atoms with Crippen LogP contribution in [0.1, 0.15) is 30.1 Å². The Kier molecular flexibility index (Phi) is 7.89. The summed E-state index contributed by atoms with van der Waals surface area (Å²) in [5.41, 5.74) is 1.96. The molecule has 1 fully saturated rings. The first-order chi connectivity index (χ1) is 14.1. The summed E-state index contributed by atoms with van der Waals surface area (Å²) in [6, 6.07) is 7.50. The minimum absolute atomic E-state index is 0.142. The van der Waals surface area contributed by atoms with Crippen molar-refractivity contribution in [2.45, 2.75) is 33.2 Å². The van der Waals surface area contributed by atoms with Gasteiger partial charge in [-0.25, -0.2) is 9.98 Å². The molecule has 1 saturated heterocycles. The summed E-state index contributed by atoms with van der Waals surface area (Å²) in [5, 5.41) is 7.26. The highest BCUT2D eigenvalue weighted by molar-refractivity contribution is 7.09. The average Bonchev–Trinajstić information content (AvgIpc) is 3.19. The third-order valence-electron chi connectivity index (χ3n) is 4.80. The molecule has 6 nitrogen and oxygen atoms in total. The Morgan fingerprint density at radius 1 is 1.24 bits per heavy atom. The maximum absolute atomic E-state index is 12.6. The van der Waals surface area contributed by atoms with Gasteiger partial charge < -0.3 is 15.1 Å². The fourth-order valence-corrected chi connectivity index (χ4v) is 4.22. The number of amides is 1. The van der Waals surface area contributed by atoms with E-state index in [0.29, 0.717) is 31.1 Å². The normalized spacial score (nSPS) is 14.9. The molecule has 1 amide bonds. The Labute approximate surface area is 181 Å². The summed E-state index contributed by atoms with van der Waals surface area (Å²) < 4.78 is 0. The highest BCUT2D eigenvalue weighted by Gasteiger charge is 2.23. The van der Waals surface area contributed by atoms with Crippen molar-refractivity contribution in [3.63, 3.8) is 0 Å². The smallest absolute Gasteiger partial charge is 0.227 e. The van der Waals surface area contributed by atoms with E-state index in [-0.39, 0.29) is 5.91 Å². The second kappa shape index (κ2) is 10.6. The number of thiazole rings is 1. The lowest BCUT2D eigenvalue weighted by Crippen LogP contribution is -2.54. The number of hydrogen-bond donors (Lipinski definition) is 1. The molecule has 1 aromatic carbocycles. The lowest BCUT2D eigenvalue weighted by molar-refractivity contribution is -0.131. The van der Waals surface area contributed by atoms with Crippen LogP contribution < -0.4 is 5.32 Å². The molecule has 0 aliphatic carbocycles. The Balaban J connectivity index is 1.55. The monoisotopic (exact) mass is 433 g/mol. The van der Waals surface area contributed by atoms with Gasteiger partial charge in [-0.2, -0.15) is 0 Å². The minimum Gasteiger partial charge on any atom is -0.357 e. The summed E-state index contributed by atoms with van der Waals surface area (Å²) in [6.07, 6.45) is 1.35. The van der Waals surface area contributed by atoms with E-state index in [1.807, 2.05) is 29.2 Å². The lowest BCUT2D eigenvalue weighted by Gasteiger charge is -2.36. The summed E-state index contributed by atoms with van der Waals surface area (Å²) in [4.78, 5) is 26.1. The molecule has 1 aliphatic heterocycles. The molecule has 1 N–H and O–H groups in total. The van der Waals surface area contributed by atoms with Crippen molar-refractivity contribution in [3.05, 3.63) is 50.9 Å². The SMILES string of the molecule is CCNC(=NCc1csc(CC)n1)N1CCN(C(=O)Cc2cccc(Cl)c2)CC1. The molecule has 3 rings (SSSR count). The minimum atomic E-state index is 0.142. The predicted molar refractivity (Wildman–Crippen MR) is 120 cm³/mol. The van der Waals surface area contributed by atoms with Crippen molar-refractivity contribution in [2.24, 2.45) is 4.99 Å². The van der Waals surface area contributed by atoms with Crippen molar-refractivity contribution in [1.82, 2.24) is 20.1 Å². The van der Waals surface area contributed by atoms with Crippen molar-refractivity contribution in [1.29, 1.82) is 0 Å². The first-order valence-corrected chi connectivity index (χ1v) is 11.3. The number of carbonyl (C=O) groups excluding carboxylic acids is 1.